The molecular formula is C22H29N5O3S. The van der Waals surface area contributed by atoms with Gasteiger partial charge in [-0.25, -0.2) is 9.50 Å². The van der Waals surface area contributed by atoms with Gasteiger partial charge in [0.15, 0.2) is 0 Å². The van der Waals surface area contributed by atoms with E-state index in [0.717, 1.165) is 22.5 Å². The van der Waals surface area contributed by atoms with Crippen LogP contribution >= 0.6 is 11.8 Å². The Hall–Kier alpha value is -2.49. The SMILES string of the molecule is CSc1nc2nc(C)c(CCC(=O)NC[C@@H](O)CO[C@@H](C)c3ccccc3)c(C)n2n1. The number of aliphatic hydroxyl groups is 1. The van der Waals surface area contributed by atoms with E-state index in [4.69, 9.17) is 4.74 Å². The summed E-state index contributed by atoms with van der Waals surface area (Å²) in [6, 6.07) is 9.82. The monoisotopic (exact) mass is 443 g/mol. The molecule has 0 bridgehead atoms. The maximum atomic E-state index is 12.3. The molecule has 0 spiro atoms. The highest BCUT2D eigenvalue weighted by Gasteiger charge is 2.15. The van der Waals surface area contributed by atoms with E-state index in [-0.39, 0.29) is 25.2 Å². The summed E-state index contributed by atoms with van der Waals surface area (Å²) in [4.78, 5) is 21.2. The number of benzene rings is 1. The number of ether oxygens (including phenoxy) is 1. The number of rotatable bonds is 10. The first kappa shape index (κ1) is 23.2. The third kappa shape index (κ3) is 6.03. The van der Waals surface area contributed by atoms with Crippen molar-refractivity contribution in [1.82, 2.24) is 24.9 Å². The van der Waals surface area contributed by atoms with Crippen molar-refractivity contribution in [3.8, 4) is 0 Å². The van der Waals surface area contributed by atoms with Gasteiger partial charge in [0.2, 0.25) is 11.1 Å². The summed E-state index contributed by atoms with van der Waals surface area (Å²) < 4.78 is 7.43. The summed E-state index contributed by atoms with van der Waals surface area (Å²) >= 11 is 1.47. The van der Waals surface area contributed by atoms with Gasteiger partial charge in [-0.2, -0.15) is 4.98 Å². The fraction of sp³-hybridized carbons (Fsp3) is 0.455. The molecule has 0 fully saturated rings. The van der Waals surface area contributed by atoms with E-state index in [0.29, 0.717) is 23.8 Å². The maximum Gasteiger partial charge on any atom is 0.253 e. The summed E-state index contributed by atoms with van der Waals surface area (Å²) in [5.74, 6) is 0.442. The number of amides is 1. The predicted molar refractivity (Wildman–Crippen MR) is 120 cm³/mol. The molecule has 3 aromatic rings. The molecule has 2 aromatic heterocycles. The highest BCUT2D eigenvalue weighted by Crippen LogP contribution is 2.18. The van der Waals surface area contributed by atoms with Crippen molar-refractivity contribution in [3.63, 3.8) is 0 Å². The van der Waals surface area contributed by atoms with Crippen LogP contribution in [0.5, 0.6) is 0 Å². The number of thioether (sulfide) groups is 1. The van der Waals surface area contributed by atoms with E-state index in [2.05, 4.69) is 20.4 Å². The Balaban J connectivity index is 1.47. The number of carbonyl (C=O) groups is 1. The number of hydrogen-bond acceptors (Lipinski definition) is 7. The number of carbonyl (C=O) groups excluding carboxylic acids is 1. The molecule has 0 radical (unpaired) electrons. The molecule has 3 rings (SSSR count). The molecule has 0 aliphatic rings. The summed E-state index contributed by atoms with van der Waals surface area (Å²) in [6.07, 6.45) is 1.87. The second-order valence-corrected chi connectivity index (χ2v) is 8.19. The Labute approximate surface area is 186 Å². The molecular weight excluding hydrogens is 414 g/mol. The van der Waals surface area contributed by atoms with Gasteiger partial charge in [0.25, 0.3) is 5.78 Å². The van der Waals surface area contributed by atoms with Crippen LogP contribution in [0.15, 0.2) is 35.5 Å². The van der Waals surface area contributed by atoms with Crippen molar-refractivity contribution in [3.05, 3.63) is 52.8 Å². The van der Waals surface area contributed by atoms with Crippen molar-refractivity contribution >= 4 is 23.4 Å². The van der Waals surface area contributed by atoms with Crippen LogP contribution in [-0.4, -0.2) is 56.1 Å². The summed E-state index contributed by atoms with van der Waals surface area (Å²) in [5.41, 5.74) is 3.82. The molecule has 9 heteroatoms. The smallest absolute Gasteiger partial charge is 0.253 e. The second kappa shape index (κ2) is 10.7. The molecule has 0 aliphatic carbocycles. The van der Waals surface area contributed by atoms with E-state index in [1.807, 2.05) is 57.4 Å². The van der Waals surface area contributed by atoms with E-state index >= 15 is 0 Å². The second-order valence-electron chi connectivity index (χ2n) is 7.42. The van der Waals surface area contributed by atoms with Crippen LogP contribution in [-0.2, 0) is 16.0 Å². The summed E-state index contributed by atoms with van der Waals surface area (Å²) in [7, 11) is 0. The first-order valence-corrected chi connectivity index (χ1v) is 11.5. The fourth-order valence-corrected chi connectivity index (χ4v) is 3.67. The Morgan fingerprint density at radius 2 is 2.00 bits per heavy atom. The number of nitrogens with one attached hydrogen (secondary N) is 1. The van der Waals surface area contributed by atoms with Crippen molar-refractivity contribution < 1.29 is 14.6 Å². The topological polar surface area (TPSA) is 102 Å². The highest BCUT2D eigenvalue weighted by molar-refractivity contribution is 7.98. The molecule has 1 amide bonds. The van der Waals surface area contributed by atoms with Crippen LogP contribution in [0.3, 0.4) is 0 Å². The minimum atomic E-state index is -0.767. The van der Waals surface area contributed by atoms with Crippen LogP contribution in [0.2, 0.25) is 0 Å². The van der Waals surface area contributed by atoms with E-state index in [9.17, 15) is 9.90 Å². The molecule has 0 saturated heterocycles. The Morgan fingerprint density at radius 1 is 1.26 bits per heavy atom. The fourth-order valence-electron chi connectivity index (χ4n) is 3.33. The van der Waals surface area contributed by atoms with Gasteiger partial charge in [-0.1, -0.05) is 42.1 Å². The molecule has 8 nitrogen and oxygen atoms in total. The average Bonchev–Trinajstić information content (AvgIpc) is 3.19. The quantitative estimate of drug-likeness (QED) is 0.465. The molecule has 2 heterocycles. The van der Waals surface area contributed by atoms with Crippen LogP contribution in [0.1, 0.15) is 42.0 Å². The third-order valence-corrected chi connectivity index (χ3v) is 5.69. The minimum absolute atomic E-state index is 0.122. The van der Waals surface area contributed by atoms with Gasteiger partial charge < -0.3 is 15.2 Å². The zero-order chi connectivity index (χ0) is 22.4. The molecule has 31 heavy (non-hydrogen) atoms. The van der Waals surface area contributed by atoms with Gasteiger partial charge in [-0.3, -0.25) is 4.79 Å². The predicted octanol–water partition coefficient (Wildman–Crippen LogP) is 2.65. The van der Waals surface area contributed by atoms with Crippen molar-refractivity contribution in [2.45, 2.75) is 51.0 Å². The van der Waals surface area contributed by atoms with Crippen LogP contribution in [0.25, 0.3) is 5.78 Å². The van der Waals surface area contributed by atoms with Crippen LogP contribution < -0.4 is 5.32 Å². The first-order valence-electron chi connectivity index (χ1n) is 10.3. The zero-order valence-corrected chi connectivity index (χ0v) is 19.1. The lowest BCUT2D eigenvalue weighted by molar-refractivity contribution is -0.121. The van der Waals surface area contributed by atoms with Crippen molar-refractivity contribution in [1.29, 1.82) is 0 Å². The molecule has 2 atom stereocenters. The number of aromatic nitrogens is 4. The first-order chi connectivity index (χ1) is 14.9. The number of aliphatic hydroxyl groups excluding tert-OH is 1. The highest BCUT2D eigenvalue weighted by atomic mass is 32.2. The van der Waals surface area contributed by atoms with Crippen LogP contribution in [0, 0.1) is 13.8 Å². The molecule has 2 N–H and O–H groups in total. The maximum absolute atomic E-state index is 12.3. The molecule has 166 valence electrons. The Kier molecular flexibility index (Phi) is 8.00. The lowest BCUT2D eigenvalue weighted by Gasteiger charge is -2.17. The van der Waals surface area contributed by atoms with Gasteiger partial charge in [-0.05, 0) is 44.6 Å². The Bertz CT molecular complexity index is 1020. The van der Waals surface area contributed by atoms with Gasteiger partial charge in [0, 0.05) is 24.4 Å². The lowest BCUT2D eigenvalue weighted by atomic mass is 10.1. The Morgan fingerprint density at radius 3 is 2.71 bits per heavy atom. The number of fused-ring (bicyclic) bond motifs is 1. The van der Waals surface area contributed by atoms with Crippen molar-refractivity contribution in [2.24, 2.45) is 0 Å². The minimum Gasteiger partial charge on any atom is -0.389 e. The lowest BCUT2D eigenvalue weighted by Crippen LogP contribution is -2.35. The number of aryl methyl sites for hydroxylation is 2. The zero-order valence-electron chi connectivity index (χ0n) is 18.3. The number of hydrogen-bond donors (Lipinski definition) is 2. The van der Waals surface area contributed by atoms with E-state index in [1.165, 1.54) is 11.8 Å². The van der Waals surface area contributed by atoms with E-state index in [1.54, 1.807) is 4.52 Å². The summed E-state index contributed by atoms with van der Waals surface area (Å²) in [5, 5.41) is 18.0. The normalized spacial score (nSPS) is 13.3. The van der Waals surface area contributed by atoms with Gasteiger partial charge in [0.1, 0.15) is 0 Å². The molecule has 1 aromatic carbocycles. The van der Waals surface area contributed by atoms with Crippen LogP contribution in [0.4, 0.5) is 0 Å². The molecule has 0 saturated carbocycles. The standard InChI is InChI=1S/C22H29N5O3S/c1-14-19(15(2)27-21(24-14)25-22(26-27)31-4)10-11-20(29)23-12-18(28)13-30-16(3)17-8-6-5-7-9-17/h5-9,16,18,28H,10-13H2,1-4H3,(H,23,29)/t16-,18+/m0/s1. The van der Waals surface area contributed by atoms with Gasteiger partial charge >= 0.3 is 0 Å². The summed E-state index contributed by atoms with van der Waals surface area (Å²) in [6.45, 7) is 6.12. The molecule has 0 unspecified atom stereocenters. The largest absolute Gasteiger partial charge is 0.389 e. The van der Waals surface area contributed by atoms with Gasteiger partial charge in [0.05, 0.1) is 18.8 Å². The number of nitrogens with zero attached hydrogens (tertiary/aromatic N) is 4. The average molecular weight is 444 g/mol. The van der Waals surface area contributed by atoms with Crippen molar-refractivity contribution in [2.75, 3.05) is 19.4 Å². The third-order valence-electron chi connectivity index (χ3n) is 5.16. The molecule has 0 aliphatic heterocycles. The van der Waals surface area contributed by atoms with E-state index < -0.39 is 6.10 Å². The van der Waals surface area contributed by atoms with Gasteiger partial charge in [-0.15, -0.1) is 5.10 Å².